The van der Waals surface area contributed by atoms with E-state index in [0.717, 1.165) is 22.4 Å². The van der Waals surface area contributed by atoms with E-state index in [-0.39, 0.29) is 24.6 Å². The highest BCUT2D eigenvalue weighted by atomic mass is 32.1. The number of fused-ring (bicyclic) bond motifs is 1. The molecule has 0 saturated carbocycles. The Bertz CT molecular complexity index is 1390. The first-order valence-electron chi connectivity index (χ1n) is 10.1. The van der Waals surface area contributed by atoms with Crippen LogP contribution in [-0.4, -0.2) is 22.2 Å². The van der Waals surface area contributed by atoms with Gasteiger partial charge in [0.2, 0.25) is 5.91 Å². The van der Waals surface area contributed by atoms with Crippen molar-refractivity contribution in [3.8, 4) is 5.75 Å². The minimum atomic E-state index is -0.520. The molecule has 7 nitrogen and oxygen atoms in total. The SMILES string of the molecule is COc1ccc(Cn2c(=O)c3sccc3n(CC(=O)Nc3c(C)cccc3C)c2=O)cc1. The second-order valence-corrected chi connectivity index (χ2v) is 8.47. The summed E-state index contributed by atoms with van der Waals surface area (Å²) in [6.45, 7) is 3.75. The van der Waals surface area contributed by atoms with E-state index in [0.29, 0.717) is 16.0 Å². The van der Waals surface area contributed by atoms with Crippen molar-refractivity contribution < 1.29 is 9.53 Å². The fourth-order valence-electron chi connectivity index (χ4n) is 3.67. The Morgan fingerprint density at radius 1 is 1.00 bits per heavy atom. The first-order chi connectivity index (χ1) is 15.4. The number of hydrogen-bond donors (Lipinski definition) is 1. The van der Waals surface area contributed by atoms with Crippen LogP contribution >= 0.6 is 11.3 Å². The predicted molar refractivity (Wildman–Crippen MR) is 127 cm³/mol. The molecule has 1 amide bonds. The van der Waals surface area contributed by atoms with Crippen molar-refractivity contribution in [3.05, 3.63) is 91.4 Å². The summed E-state index contributed by atoms with van der Waals surface area (Å²) < 4.78 is 8.14. The molecular weight excluding hydrogens is 426 g/mol. The second kappa shape index (κ2) is 8.84. The number of anilines is 1. The Hall–Kier alpha value is -3.65. The molecule has 4 rings (SSSR count). The van der Waals surface area contributed by atoms with Gasteiger partial charge in [-0.1, -0.05) is 30.3 Å². The van der Waals surface area contributed by atoms with Crippen LogP contribution in [0.1, 0.15) is 16.7 Å². The standard InChI is InChI=1S/C24H23N3O4S/c1-15-5-4-6-16(2)21(15)25-20(28)14-26-19-11-12-32-22(19)23(29)27(24(26)30)13-17-7-9-18(31-3)10-8-17/h4-12H,13-14H2,1-3H3,(H,25,28). The molecule has 32 heavy (non-hydrogen) atoms. The van der Waals surface area contributed by atoms with Gasteiger partial charge in [0.25, 0.3) is 5.56 Å². The average Bonchev–Trinajstić information content (AvgIpc) is 3.27. The number of thiophene rings is 1. The average molecular weight is 450 g/mol. The van der Waals surface area contributed by atoms with Crippen LogP contribution in [0.4, 0.5) is 5.69 Å². The summed E-state index contributed by atoms with van der Waals surface area (Å²) in [5.74, 6) is 0.363. The topological polar surface area (TPSA) is 82.3 Å². The number of aryl methyl sites for hydroxylation is 2. The van der Waals surface area contributed by atoms with E-state index in [1.165, 1.54) is 20.5 Å². The van der Waals surface area contributed by atoms with Crippen molar-refractivity contribution in [2.45, 2.75) is 26.9 Å². The Kier molecular flexibility index (Phi) is 5.96. The fourth-order valence-corrected chi connectivity index (χ4v) is 4.52. The van der Waals surface area contributed by atoms with E-state index in [4.69, 9.17) is 4.74 Å². The lowest BCUT2D eigenvalue weighted by molar-refractivity contribution is -0.116. The number of benzene rings is 2. The van der Waals surface area contributed by atoms with Gasteiger partial charge in [0.1, 0.15) is 17.0 Å². The van der Waals surface area contributed by atoms with Crippen molar-refractivity contribution in [2.75, 3.05) is 12.4 Å². The minimum absolute atomic E-state index is 0.105. The van der Waals surface area contributed by atoms with Crippen molar-refractivity contribution in [3.63, 3.8) is 0 Å². The first-order valence-corrected chi connectivity index (χ1v) is 11.0. The third-order valence-corrected chi connectivity index (χ3v) is 6.28. The molecule has 0 aliphatic rings. The molecule has 0 bridgehead atoms. The van der Waals surface area contributed by atoms with Crippen LogP contribution in [0, 0.1) is 13.8 Å². The van der Waals surface area contributed by atoms with Crippen LogP contribution < -0.4 is 21.3 Å². The van der Waals surface area contributed by atoms with Gasteiger partial charge in [0.15, 0.2) is 0 Å². The monoisotopic (exact) mass is 449 g/mol. The lowest BCUT2D eigenvalue weighted by Crippen LogP contribution is -2.41. The highest BCUT2D eigenvalue weighted by Crippen LogP contribution is 2.20. The lowest BCUT2D eigenvalue weighted by Gasteiger charge is -2.14. The summed E-state index contributed by atoms with van der Waals surface area (Å²) >= 11 is 1.26. The Labute approximate surface area is 188 Å². The van der Waals surface area contributed by atoms with E-state index < -0.39 is 5.69 Å². The highest BCUT2D eigenvalue weighted by molar-refractivity contribution is 7.17. The summed E-state index contributed by atoms with van der Waals surface area (Å²) in [6.07, 6.45) is 0. The van der Waals surface area contributed by atoms with E-state index in [1.807, 2.05) is 32.0 Å². The number of methoxy groups -OCH3 is 1. The van der Waals surface area contributed by atoms with E-state index in [2.05, 4.69) is 5.32 Å². The molecule has 0 fully saturated rings. The number of carbonyl (C=O) groups excluding carboxylic acids is 1. The van der Waals surface area contributed by atoms with E-state index in [1.54, 1.807) is 42.8 Å². The van der Waals surface area contributed by atoms with Gasteiger partial charge < -0.3 is 10.1 Å². The summed E-state index contributed by atoms with van der Waals surface area (Å²) in [4.78, 5) is 39.1. The zero-order valence-electron chi connectivity index (χ0n) is 18.0. The lowest BCUT2D eigenvalue weighted by atomic mass is 10.1. The summed E-state index contributed by atoms with van der Waals surface area (Å²) in [6, 6.07) is 14.6. The van der Waals surface area contributed by atoms with Crippen LogP contribution in [0.15, 0.2) is 63.5 Å². The number of aromatic nitrogens is 2. The van der Waals surface area contributed by atoms with Crippen molar-refractivity contribution in [1.29, 1.82) is 0 Å². The molecule has 0 radical (unpaired) electrons. The molecule has 0 atom stereocenters. The molecule has 8 heteroatoms. The minimum Gasteiger partial charge on any atom is -0.497 e. The Morgan fingerprint density at radius 3 is 2.34 bits per heavy atom. The van der Waals surface area contributed by atoms with Gasteiger partial charge >= 0.3 is 5.69 Å². The first kappa shape index (κ1) is 21.6. The zero-order valence-corrected chi connectivity index (χ0v) is 18.9. The van der Waals surface area contributed by atoms with Crippen LogP contribution in [-0.2, 0) is 17.9 Å². The number of carbonyl (C=O) groups is 1. The summed E-state index contributed by atoms with van der Waals surface area (Å²) in [5.41, 5.74) is 2.99. The maximum absolute atomic E-state index is 13.3. The summed E-state index contributed by atoms with van der Waals surface area (Å²) in [5, 5.41) is 4.66. The smallest absolute Gasteiger partial charge is 0.332 e. The van der Waals surface area contributed by atoms with Gasteiger partial charge in [-0.25, -0.2) is 4.79 Å². The maximum Gasteiger partial charge on any atom is 0.332 e. The highest BCUT2D eigenvalue weighted by Gasteiger charge is 2.17. The number of ether oxygens (including phenoxy) is 1. The Balaban J connectivity index is 1.71. The fraction of sp³-hybridized carbons (Fsp3) is 0.208. The van der Waals surface area contributed by atoms with Crippen LogP contribution in [0.25, 0.3) is 10.2 Å². The molecule has 2 aromatic heterocycles. The maximum atomic E-state index is 13.3. The molecule has 0 spiro atoms. The number of rotatable bonds is 6. The van der Waals surface area contributed by atoms with Gasteiger partial charge in [-0.3, -0.25) is 18.7 Å². The van der Waals surface area contributed by atoms with E-state index in [9.17, 15) is 14.4 Å². The number of amides is 1. The molecule has 164 valence electrons. The largest absolute Gasteiger partial charge is 0.497 e. The zero-order chi connectivity index (χ0) is 22.8. The normalized spacial score (nSPS) is 11.0. The molecule has 1 N–H and O–H groups in total. The molecule has 0 aliphatic heterocycles. The molecule has 0 saturated heterocycles. The predicted octanol–water partition coefficient (Wildman–Crippen LogP) is 3.54. The third-order valence-electron chi connectivity index (χ3n) is 5.38. The van der Waals surface area contributed by atoms with Crippen LogP contribution in [0.2, 0.25) is 0 Å². The Morgan fingerprint density at radius 2 is 1.69 bits per heavy atom. The van der Waals surface area contributed by atoms with Crippen LogP contribution in [0.3, 0.4) is 0 Å². The van der Waals surface area contributed by atoms with Gasteiger partial charge in [0.05, 0.1) is 19.2 Å². The number of nitrogens with one attached hydrogen (secondary N) is 1. The molecule has 0 unspecified atom stereocenters. The summed E-state index contributed by atoms with van der Waals surface area (Å²) in [7, 11) is 1.58. The molecule has 0 aliphatic carbocycles. The number of hydrogen-bond acceptors (Lipinski definition) is 5. The van der Waals surface area contributed by atoms with Gasteiger partial charge in [-0.2, -0.15) is 0 Å². The van der Waals surface area contributed by atoms with Gasteiger partial charge in [-0.15, -0.1) is 11.3 Å². The molecule has 4 aromatic rings. The van der Waals surface area contributed by atoms with E-state index >= 15 is 0 Å². The van der Waals surface area contributed by atoms with Crippen LogP contribution in [0.5, 0.6) is 5.75 Å². The second-order valence-electron chi connectivity index (χ2n) is 7.56. The number of nitrogens with zero attached hydrogens (tertiary/aromatic N) is 2. The molecular formula is C24H23N3O4S. The third kappa shape index (κ3) is 4.09. The molecule has 2 aromatic carbocycles. The quantitative estimate of drug-likeness (QED) is 0.488. The molecule has 2 heterocycles. The van der Waals surface area contributed by atoms with Crippen molar-refractivity contribution in [2.24, 2.45) is 0 Å². The number of para-hydroxylation sites is 1. The van der Waals surface area contributed by atoms with Gasteiger partial charge in [0, 0.05) is 5.69 Å². The van der Waals surface area contributed by atoms with Crippen molar-refractivity contribution in [1.82, 2.24) is 9.13 Å². The van der Waals surface area contributed by atoms with Crippen molar-refractivity contribution >= 4 is 33.1 Å². The van der Waals surface area contributed by atoms with Gasteiger partial charge in [-0.05, 0) is 54.1 Å².